The zero-order chi connectivity index (χ0) is 19.7. The first kappa shape index (κ1) is 17.8. The van der Waals surface area contributed by atoms with E-state index in [-0.39, 0.29) is 6.04 Å². The third-order valence-corrected chi connectivity index (χ3v) is 5.27. The molecule has 3 N–H and O–H groups in total. The van der Waals surface area contributed by atoms with Gasteiger partial charge in [0.2, 0.25) is 0 Å². The summed E-state index contributed by atoms with van der Waals surface area (Å²) >= 11 is 0. The van der Waals surface area contributed by atoms with Crippen LogP contribution in [-0.4, -0.2) is 39.6 Å². The lowest BCUT2D eigenvalue weighted by molar-refractivity contribution is 0.100. The third kappa shape index (κ3) is 3.22. The van der Waals surface area contributed by atoms with Crippen molar-refractivity contribution >= 4 is 22.9 Å². The van der Waals surface area contributed by atoms with Crippen LogP contribution in [0.5, 0.6) is 0 Å². The van der Waals surface area contributed by atoms with Crippen LogP contribution in [0.2, 0.25) is 0 Å². The van der Waals surface area contributed by atoms with E-state index in [0.717, 1.165) is 36.5 Å². The highest BCUT2D eigenvalue weighted by atomic mass is 16.1. The summed E-state index contributed by atoms with van der Waals surface area (Å²) in [7, 11) is 0. The molecule has 8 nitrogen and oxygen atoms in total. The van der Waals surface area contributed by atoms with Gasteiger partial charge in [-0.1, -0.05) is 6.92 Å². The van der Waals surface area contributed by atoms with E-state index in [9.17, 15) is 4.79 Å². The van der Waals surface area contributed by atoms with E-state index in [2.05, 4.69) is 33.3 Å². The Bertz CT molecular complexity index is 1050. The molecule has 2 atom stereocenters. The predicted molar refractivity (Wildman–Crippen MR) is 106 cm³/mol. The van der Waals surface area contributed by atoms with Crippen LogP contribution in [-0.2, 0) is 0 Å². The highest BCUT2D eigenvalue weighted by Gasteiger charge is 2.28. The number of carbonyl (C=O) groups is 1. The summed E-state index contributed by atoms with van der Waals surface area (Å²) in [5.41, 5.74) is 8.09. The summed E-state index contributed by atoms with van der Waals surface area (Å²) in [6.45, 7) is 3.83. The summed E-state index contributed by atoms with van der Waals surface area (Å²) in [4.78, 5) is 18.5. The molecular weight excluding hydrogens is 354 g/mol. The van der Waals surface area contributed by atoms with E-state index in [0.29, 0.717) is 17.0 Å². The largest absolute Gasteiger partial charge is 0.379 e. The molecule has 8 heteroatoms. The van der Waals surface area contributed by atoms with Crippen LogP contribution in [0.4, 0.5) is 11.5 Å². The highest BCUT2D eigenvalue weighted by molar-refractivity contribution is 6.01. The summed E-state index contributed by atoms with van der Waals surface area (Å²) in [5, 5.41) is 16.7. The van der Waals surface area contributed by atoms with Crippen molar-refractivity contribution in [1.29, 1.82) is 5.26 Å². The van der Waals surface area contributed by atoms with Gasteiger partial charge in [0.15, 0.2) is 0 Å². The lowest BCUT2D eigenvalue weighted by Crippen LogP contribution is -2.45. The summed E-state index contributed by atoms with van der Waals surface area (Å²) < 4.78 is 1.73. The first-order chi connectivity index (χ1) is 13.6. The lowest BCUT2D eigenvalue weighted by atomic mass is 9.93. The number of primary amides is 1. The number of nitrogens with zero attached hydrogens (tertiary/aromatic N) is 5. The summed E-state index contributed by atoms with van der Waals surface area (Å²) in [6, 6.07) is 9.76. The zero-order valence-corrected chi connectivity index (χ0v) is 15.5. The minimum absolute atomic E-state index is 0.189. The number of amides is 1. The van der Waals surface area contributed by atoms with Gasteiger partial charge in [-0.2, -0.15) is 10.4 Å². The number of piperidine rings is 1. The average Bonchev–Trinajstić information content (AvgIpc) is 3.18. The van der Waals surface area contributed by atoms with Gasteiger partial charge in [-0.25, -0.2) is 9.50 Å². The molecule has 0 radical (unpaired) electrons. The molecular formula is C20H21N7O. The Balaban J connectivity index is 1.54. The molecule has 3 aromatic rings. The van der Waals surface area contributed by atoms with Gasteiger partial charge in [0, 0.05) is 31.5 Å². The lowest BCUT2D eigenvalue weighted by Gasteiger charge is -2.38. The van der Waals surface area contributed by atoms with Gasteiger partial charge in [0.1, 0.15) is 11.9 Å². The molecule has 0 unspecified atom stereocenters. The average molecular weight is 375 g/mol. The smallest absolute Gasteiger partial charge is 0.252 e. The van der Waals surface area contributed by atoms with E-state index < -0.39 is 5.91 Å². The van der Waals surface area contributed by atoms with Gasteiger partial charge in [-0.3, -0.25) is 4.79 Å². The van der Waals surface area contributed by atoms with Crippen molar-refractivity contribution in [3.8, 4) is 6.07 Å². The van der Waals surface area contributed by atoms with Crippen LogP contribution in [0.3, 0.4) is 0 Å². The Hall–Kier alpha value is -3.60. The molecule has 0 saturated carbocycles. The van der Waals surface area contributed by atoms with E-state index >= 15 is 0 Å². The molecule has 3 aromatic heterocycles. The maximum Gasteiger partial charge on any atom is 0.252 e. The van der Waals surface area contributed by atoms with E-state index in [1.165, 1.54) is 6.20 Å². The van der Waals surface area contributed by atoms with Gasteiger partial charge in [-0.05, 0) is 36.6 Å². The van der Waals surface area contributed by atoms with E-state index in [1.807, 2.05) is 24.4 Å². The predicted octanol–water partition coefficient (Wildman–Crippen LogP) is 2.03. The topological polar surface area (TPSA) is 112 Å². The van der Waals surface area contributed by atoms with Gasteiger partial charge >= 0.3 is 0 Å². The number of hydrogen-bond acceptors (Lipinski definition) is 6. The normalized spacial score (nSPS) is 19.4. The summed E-state index contributed by atoms with van der Waals surface area (Å²) in [5.74, 6) is 0.695. The molecule has 0 aliphatic carbocycles. The van der Waals surface area contributed by atoms with E-state index in [1.54, 1.807) is 16.8 Å². The van der Waals surface area contributed by atoms with Crippen molar-refractivity contribution in [2.24, 2.45) is 11.7 Å². The molecule has 1 aliphatic heterocycles. The van der Waals surface area contributed by atoms with Gasteiger partial charge in [0.25, 0.3) is 5.91 Å². The van der Waals surface area contributed by atoms with Crippen molar-refractivity contribution in [3.63, 3.8) is 0 Å². The fourth-order valence-electron chi connectivity index (χ4n) is 3.72. The maximum atomic E-state index is 11.9. The molecule has 4 rings (SSSR count). The van der Waals surface area contributed by atoms with Crippen molar-refractivity contribution in [3.05, 3.63) is 54.0 Å². The monoisotopic (exact) mass is 375 g/mol. The number of anilines is 2. The van der Waals surface area contributed by atoms with E-state index in [4.69, 9.17) is 11.0 Å². The van der Waals surface area contributed by atoms with Gasteiger partial charge in [-0.15, -0.1) is 0 Å². The van der Waals surface area contributed by atoms with Gasteiger partial charge < -0.3 is 16.0 Å². The van der Waals surface area contributed by atoms with Crippen LogP contribution in [0.25, 0.3) is 5.52 Å². The standard InChI is InChI=1S/C20H21N7O/c1-13-12-26(18-5-4-14(9-21)10-23-18)8-6-16(13)25-19-15(20(22)28)11-24-27-7-2-3-17(19)27/h2-5,7,10-11,13,16,25H,6,8,12H2,1H3,(H2,22,28)/t13-,16+/m1/s1. The van der Waals surface area contributed by atoms with Gasteiger partial charge in [0.05, 0.1) is 28.5 Å². The second kappa shape index (κ2) is 7.19. The SMILES string of the molecule is C[C@@H]1CN(c2ccc(C#N)cn2)CC[C@@H]1Nc1c(C(N)=O)cnn2cccc12. The van der Waals surface area contributed by atoms with Crippen LogP contribution in [0.1, 0.15) is 29.3 Å². The quantitative estimate of drug-likeness (QED) is 0.721. The Morgan fingerprint density at radius 3 is 2.89 bits per heavy atom. The fraction of sp³-hybridized carbons (Fsp3) is 0.300. The number of aromatic nitrogens is 3. The number of rotatable bonds is 4. The molecule has 142 valence electrons. The third-order valence-electron chi connectivity index (χ3n) is 5.27. The molecule has 1 fully saturated rings. The van der Waals surface area contributed by atoms with Crippen LogP contribution in [0.15, 0.2) is 42.9 Å². The molecule has 0 aromatic carbocycles. The van der Waals surface area contributed by atoms with Crippen molar-refractivity contribution in [2.45, 2.75) is 19.4 Å². The first-order valence-electron chi connectivity index (χ1n) is 9.20. The Kier molecular flexibility index (Phi) is 4.57. The highest BCUT2D eigenvalue weighted by Crippen LogP contribution is 2.28. The molecule has 0 bridgehead atoms. The first-order valence-corrected chi connectivity index (χ1v) is 9.20. The number of nitrogens with one attached hydrogen (secondary N) is 1. The maximum absolute atomic E-state index is 11.9. The zero-order valence-electron chi connectivity index (χ0n) is 15.5. The Morgan fingerprint density at radius 2 is 2.21 bits per heavy atom. The minimum Gasteiger partial charge on any atom is -0.379 e. The minimum atomic E-state index is -0.495. The molecule has 28 heavy (non-hydrogen) atoms. The number of fused-ring (bicyclic) bond motifs is 1. The number of nitrogens with two attached hydrogens (primary N) is 1. The summed E-state index contributed by atoms with van der Waals surface area (Å²) in [6.07, 6.45) is 5.84. The van der Waals surface area contributed by atoms with Crippen molar-refractivity contribution in [1.82, 2.24) is 14.6 Å². The number of hydrogen-bond donors (Lipinski definition) is 2. The van der Waals surface area contributed by atoms with Crippen LogP contribution in [0, 0.1) is 17.2 Å². The molecule has 1 amide bonds. The van der Waals surface area contributed by atoms with Crippen molar-refractivity contribution in [2.75, 3.05) is 23.3 Å². The molecule has 1 saturated heterocycles. The van der Waals surface area contributed by atoms with Crippen LogP contribution < -0.4 is 16.0 Å². The Morgan fingerprint density at radius 1 is 1.36 bits per heavy atom. The Labute approximate surface area is 162 Å². The second-order valence-corrected chi connectivity index (χ2v) is 7.12. The second-order valence-electron chi connectivity index (χ2n) is 7.12. The molecule has 4 heterocycles. The number of pyridine rings is 1. The number of nitriles is 1. The van der Waals surface area contributed by atoms with Crippen LogP contribution >= 0.6 is 0 Å². The molecule has 0 spiro atoms. The fourth-order valence-corrected chi connectivity index (χ4v) is 3.72. The van der Waals surface area contributed by atoms with Crippen molar-refractivity contribution < 1.29 is 4.79 Å². The number of carbonyl (C=O) groups excluding carboxylic acids is 1. The molecule has 1 aliphatic rings.